The van der Waals surface area contributed by atoms with E-state index < -0.39 is 11.7 Å². The number of rotatable bonds is 4. The van der Waals surface area contributed by atoms with E-state index in [2.05, 4.69) is 4.98 Å². The second-order valence-electron chi connectivity index (χ2n) is 6.95. The van der Waals surface area contributed by atoms with E-state index in [1.165, 1.54) is 0 Å². The van der Waals surface area contributed by atoms with Gasteiger partial charge in [-0.25, -0.2) is 4.98 Å². The van der Waals surface area contributed by atoms with Gasteiger partial charge >= 0.3 is 6.18 Å². The molecule has 0 aliphatic carbocycles. The largest absolute Gasteiger partial charge is 0.486 e. The highest BCUT2D eigenvalue weighted by atomic mass is 35.5. The first-order valence-corrected chi connectivity index (χ1v) is 10.7. The van der Waals surface area contributed by atoms with Crippen molar-refractivity contribution in [3.8, 4) is 11.5 Å². The van der Waals surface area contributed by atoms with Crippen LogP contribution in [0, 0.1) is 0 Å². The van der Waals surface area contributed by atoms with Gasteiger partial charge in [-0.2, -0.15) is 13.2 Å². The van der Waals surface area contributed by atoms with Crippen LogP contribution in [-0.4, -0.2) is 41.3 Å². The summed E-state index contributed by atoms with van der Waals surface area (Å²) in [7, 11) is 0. The zero-order valence-corrected chi connectivity index (χ0v) is 17.3. The molecule has 0 radical (unpaired) electrons. The molecular formula is C20H18ClF3N2O3S. The molecule has 2 aromatic rings. The number of alkyl halides is 3. The van der Waals surface area contributed by atoms with E-state index in [1.807, 2.05) is 18.2 Å². The Hall–Kier alpha value is -2.13. The van der Waals surface area contributed by atoms with Crippen LogP contribution in [-0.2, 0) is 11.0 Å². The van der Waals surface area contributed by atoms with Crippen LogP contribution >= 0.6 is 23.4 Å². The van der Waals surface area contributed by atoms with Crippen molar-refractivity contribution in [1.29, 1.82) is 0 Å². The molecule has 2 aliphatic rings. The van der Waals surface area contributed by atoms with E-state index in [0.29, 0.717) is 31.3 Å². The molecule has 2 aliphatic heterocycles. The number of hydrogen-bond donors (Lipinski definition) is 0. The van der Waals surface area contributed by atoms with Gasteiger partial charge in [0.25, 0.3) is 0 Å². The van der Waals surface area contributed by atoms with Crippen LogP contribution < -0.4 is 9.47 Å². The normalized spacial score (nSPS) is 18.5. The molecule has 1 aromatic carbocycles. The highest BCUT2D eigenvalue weighted by molar-refractivity contribution is 8.00. The average Bonchev–Trinajstić information content (AvgIpc) is 3.21. The van der Waals surface area contributed by atoms with E-state index >= 15 is 0 Å². The van der Waals surface area contributed by atoms with E-state index in [9.17, 15) is 18.0 Å². The fraction of sp³-hybridized carbons (Fsp3) is 0.400. The van der Waals surface area contributed by atoms with Crippen LogP contribution in [0.3, 0.4) is 0 Å². The van der Waals surface area contributed by atoms with Crippen molar-refractivity contribution in [1.82, 2.24) is 9.88 Å². The van der Waals surface area contributed by atoms with Crippen molar-refractivity contribution >= 4 is 29.3 Å². The summed E-state index contributed by atoms with van der Waals surface area (Å²) < 4.78 is 49.4. The molecule has 1 aromatic heterocycles. The van der Waals surface area contributed by atoms with Gasteiger partial charge in [0.1, 0.15) is 18.2 Å². The van der Waals surface area contributed by atoms with Gasteiger partial charge in [0.05, 0.1) is 22.4 Å². The highest BCUT2D eigenvalue weighted by Crippen LogP contribution is 2.39. The number of nitrogens with zero attached hydrogens (tertiary/aromatic N) is 2. The van der Waals surface area contributed by atoms with Gasteiger partial charge < -0.3 is 14.4 Å². The van der Waals surface area contributed by atoms with Crippen LogP contribution in [0.15, 0.2) is 35.5 Å². The van der Waals surface area contributed by atoms with Gasteiger partial charge in [-0.1, -0.05) is 29.4 Å². The maximum atomic E-state index is 12.8. The topological polar surface area (TPSA) is 51.7 Å². The highest BCUT2D eigenvalue weighted by Gasteiger charge is 2.33. The number of fused-ring (bicyclic) bond motifs is 1. The maximum Gasteiger partial charge on any atom is 0.417 e. The Morgan fingerprint density at radius 3 is 2.73 bits per heavy atom. The molecule has 0 spiro atoms. The minimum Gasteiger partial charge on any atom is -0.486 e. The summed E-state index contributed by atoms with van der Waals surface area (Å²) in [5.74, 6) is 1.29. The number of ether oxygens (including phenoxy) is 2. The number of carbonyl (C=O) groups is 1. The van der Waals surface area contributed by atoms with Crippen LogP contribution in [0.25, 0.3) is 0 Å². The number of likely N-dealkylation sites (tertiary alicyclic amines) is 1. The van der Waals surface area contributed by atoms with Crippen molar-refractivity contribution in [2.45, 2.75) is 30.1 Å². The first-order valence-electron chi connectivity index (χ1n) is 9.37. The Kier molecular flexibility index (Phi) is 6.02. The molecule has 1 fully saturated rings. The second kappa shape index (κ2) is 8.55. The first kappa shape index (κ1) is 21.1. The third kappa shape index (κ3) is 4.46. The van der Waals surface area contributed by atoms with Crippen LogP contribution in [0.1, 0.15) is 30.0 Å². The second-order valence-corrected chi connectivity index (χ2v) is 8.32. The van der Waals surface area contributed by atoms with Gasteiger partial charge in [0.2, 0.25) is 5.91 Å². The SMILES string of the molecule is O=C(CSc1ncc(C(F)(F)F)cc1Cl)N1CCC[C@@H]1c1ccc2c(c1)OCCO2. The fourth-order valence-corrected chi connectivity index (χ4v) is 4.66. The van der Waals surface area contributed by atoms with Gasteiger partial charge in [0.15, 0.2) is 11.5 Å². The van der Waals surface area contributed by atoms with Gasteiger partial charge in [-0.15, -0.1) is 0 Å². The molecule has 1 saturated heterocycles. The molecule has 4 rings (SSSR count). The Morgan fingerprint density at radius 2 is 2.00 bits per heavy atom. The van der Waals surface area contributed by atoms with Crippen LogP contribution in [0.5, 0.6) is 11.5 Å². The number of thioether (sulfide) groups is 1. The lowest BCUT2D eigenvalue weighted by Crippen LogP contribution is -2.32. The van der Waals surface area contributed by atoms with Crippen LogP contribution in [0.4, 0.5) is 13.2 Å². The quantitative estimate of drug-likeness (QED) is 0.605. The summed E-state index contributed by atoms with van der Waals surface area (Å²) in [6, 6.07) is 6.45. The van der Waals surface area contributed by atoms with E-state index in [0.717, 1.165) is 42.4 Å². The molecule has 3 heterocycles. The standard InChI is InChI=1S/C20H18ClF3N2O3S/c21-14-9-13(20(22,23)24)10-25-19(14)30-11-18(27)26-5-1-2-15(26)12-3-4-16-17(8-12)29-7-6-28-16/h3-4,8-10,15H,1-2,5-7,11H2/t15-/m1/s1. The minimum atomic E-state index is -4.51. The number of hydrogen-bond acceptors (Lipinski definition) is 5. The molecule has 0 unspecified atom stereocenters. The molecule has 1 amide bonds. The zero-order valence-electron chi connectivity index (χ0n) is 15.7. The summed E-state index contributed by atoms with van der Waals surface area (Å²) in [6.07, 6.45) is -2.08. The van der Waals surface area contributed by atoms with E-state index in [1.54, 1.807) is 4.90 Å². The summed E-state index contributed by atoms with van der Waals surface area (Å²) in [5.41, 5.74) is 0.0576. The summed E-state index contributed by atoms with van der Waals surface area (Å²) in [4.78, 5) is 18.4. The molecule has 1 atom stereocenters. The van der Waals surface area contributed by atoms with E-state index in [-0.39, 0.29) is 27.8 Å². The number of carbonyl (C=O) groups excluding carboxylic acids is 1. The van der Waals surface area contributed by atoms with Crippen molar-refractivity contribution in [3.05, 3.63) is 46.6 Å². The number of pyridine rings is 1. The predicted molar refractivity (Wildman–Crippen MR) is 106 cm³/mol. The molecule has 10 heteroatoms. The van der Waals surface area contributed by atoms with Crippen molar-refractivity contribution in [2.75, 3.05) is 25.5 Å². The van der Waals surface area contributed by atoms with E-state index in [4.69, 9.17) is 21.1 Å². The van der Waals surface area contributed by atoms with Gasteiger partial charge in [-0.3, -0.25) is 4.79 Å². The van der Waals surface area contributed by atoms with Gasteiger partial charge in [-0.05, 0) is 36.6 Å². The Labute approximate surface area is 180 Å². The Balaban J connectivity index is 1.43. The number of benzene rings is 1. The molecular weight excluding hydrogens is 441 g/mol. The molecule has 30 heavy (non-hydrogen) atoms. The lowest BCUT2D eigenvalue weighted by molar-refractivity contribution is -0.138. The number of amides is 1. The predicted octanol–water partition coefficient (Wildman–Crippen LogP) is 4.98. The number of aromatic nitrogens is 1. The third-order valence-corrected chi connectivity index (χ3v) is 6.38. The maximum absolute atomic E-state index is 12.8. The average molecular weight is 459 g/mol. The fourth-order valence-electron chi connectivity index (χ4n) is 3.58. The smallest absolute Gasteiger partial charge is 0.417 e. The van der Waals surface area contributed by atoms with Crippen molar-refractivity contribution in [2.24, 2.45) is 0 Å². The lowest BCUT2D eigenvalue weighted by atomic mass is 10.0. The molecule has 0 saturated carbocycles. The van der Waals surface area contributed by atoms with Crippen molar-refractivity contribution < 1.29 is 27.4 Å². The van der Waals surface area contributed by atoms with Crippen LogP contribution in [0.2, 0.25) is 5.02 Å². The Morgan fingerprint density at radius 1 is 1.23 bits per heavy atom. The lowest BCUT2D eigenvalue weighted by Gasteiger charge is -2.26. The first-order chi connectivity index (χ1) is 14.3. The van der Waals surface area contributed by atoms with Crippen molar-refractivity contribution in [3.63, 3.8) is 0 Å². The Bertz CT molecular complexity index is 957. The van der Waals surface area contributed by atoms with Gasteiger partial charge in [0, 0.05) is 12.7 Å². The third-order valence-electron chi connectivity index (χ3n) is 4.99. The monoisotopic (exact) mass is 458 g/mol. The summed E-state index contributed by atoms with van der Waals surface area (Å²) >= 11 is 6.97. The molecule has 160 valence electrons. The summed E-state index contributed by atoms with van der Waals surface area (Å²) in [6.45, 7) is 1.62. The zero-order chi connectivity index (χ0) is 21.3. The molecule has 0 N–H and O–H groups in total. The minimum absolute atomic E-state index is 0.0408. The number of halogens is 4. The summed E-state index contributed by atoms with van der Waals surface area (Å²) in [5, 5.41) is 0.0838. The molecule has 0 bridgehead atoms. The molecule has 5 nitrogen and oxygen atoms in total.